The van der Waals surface area contributed by atoms with Gasteiger partial charge in [0.15, 0.2) is 0 Å². The second-order valence-corrected chi connectivity index (χ2v) is 22.2. The van der Waals surface area contributed by atoms with Crippen LogP contribution in [0.15, 0.2) is 182 Å². The topological polar surface area (TPSA) is 8.17 Å². The molecule has 2 nitrogen and oxygen atoms in total. The molecule has 0 unspecified atom stereocenters. The Morgan fingerprint density at radius 2 is 0.706 bits per heavy atom. The smallest absolute Gasteiger partial charge is 0.0583 e. The lowest BCUT2D eigenvalue weighted by Gasteiger charge is -2.42. The Labute approximate surface area is 400 Å². The molecule has 0 atom stereocenters. The van der Waals surface area contributed by atoms with Crippen molar-refractivity contribution in [3.8, 4) is 50.2 Å². The molecule has 68 heavy (non-hydrogen) atoms. The van der Waals surface area contributed by atoms with E-state index in [0.29, 0.717) is 0 Å². The predicted molar refractivity (Wildman–Crippen MR) is 286 cm³/mol. The van der Waals surface area contributed by atoms with Gasteiger partial charge < -0.3 is 9.47 Å². The van der Waals surface area contributed by atoms with Crippen LogP contribution < -0.4 is 4.90 Å². The number of nitrogens with zero attached hydrogens (tertiary/aromatic N) is 2. The van der Waals surface area contributed by atoms with Crippen molar-refractivity contribution in [2.75, 3.05) is 4.90 Å². The number of para-hydroxylation sites is 2. The maximum atomic E-state index is 2.63. The third-order valence-corrected chi connectivity index (χ3v) is 17.2. The second-order valence-electron chi connectivity index (χ2n) is 22.2. The average molecular weight is 875 g/mol. The summed E-state index contributed by atoms with van der Waals surface area (Å²) in [5.41, 5.74) is 28.5. The van der Waals surface area contributed by atoms with Gasteiger partial charge in [0.1, 0.15) is 0 Å². The van der Waals surface area contributed by atoms with Crippen LogP contribution in [0.5, 0.6) is 0 Å². The molecule has 2 aliphatic carbocycles. The van der Waals surface area contributed by atoms with Crippen LogP contribution in [-0.4, -0.2) is 4.57 Å². The minimum absolute atomic E-state index is 0.0558. The van der Waals surface area contributed by atoms with Gasteiger partial charge in [-0.15, -0.1) is 0 Å². The van der Waals surface area contributed by atoms with Crippen molar-refractivity contribution in [2.24, 2.45) is 0 Å². The lowest BCUT2D eigenvalue weighted by atomic mass is 9.68. The van der Waals surface area contributed by atoms with Gasteiger partial charge in [-0.05, 0) is 138 Å². The van der Waals surface area contributed by atoms with Crippen LogP contribution in [-0.2, 0) is 21.7 Å². The maximum Gasteiger partial charge on any atom is 0.0583 e. The van der Waals surface area contributed by atoms with Gasteiger partial charge in [-0.2, -0.15) is 0 Å². The van der Waals surface area contributed by atoms with Crippen molar-refractivity contribution in [3.05, 3.63) is 226 Å². The fourth-order valence-corrected chi connectivity index (χ4v) is 13.4. The SMILES string of the molecule is CC1(C)c2ccccc2-c2ccc(-c3ccc(N(c4ccc(-c5ccc6c(c5)C(C)(C)c5ccccc5-6)cc4)c4cc5c6c(c4)c4cccc7c4n6-c4c(cccc4C5(C)C)C7(C)C)cc3)cc21. The highest BCUT2D eigenvalue weighted by molar-refractivity contribution is 6.15. The molecule has 328 valence electrons. The molecule has 4 aliphatic rings. The molecule has 0 amide bonds. The molecule has 3 heterocycles. The molecule has 1 aromatic heterocycles. The summed E-state index contributed by atoms with van der Waals surface area (Å²) < 4.78 is 2.63. The molecule has 0 radical (unpaired) electrons. The zero-order valence-electron chi connectivity index (χ0n) is 40.2. The summed E-state index contributed by atoms with van der Waals surface area (Å²) in [6.07, 6.45) is 0. The summed E-state index contributed by atoms with van der Waals surface area (Å²) >= 11 is 0. The van der Waals surface area contributed by atoms with Gasteiger partial charge in [0.2, 0.25) is 0 Å². The summed E-state index contributed by atoms with van der Waals surface area (Å²) in [6, 6.07) is 69.6. The van der Waals surface area contributed by atoms with E-state index < -0.39 is 0 Å². The Bertz CT molecular complexity index is 3680. The van der Waals surface area contributed by atoms with Crippen molar-refractivity contribution in [1.29, 1.82) is 0 Å². The molecule has 10 aromatic rings. The predicted octanol–water partition coefficient (Wildman–Crippen LogP) is 17.5. The molecular weight excluding hydrogens is 821 g/mol. The number of aromatic nitrogens is 1. The maximum absolute atomic E-state index is 2.63. The van der Waals surface area contributed by atoms with Crippen molar-refractivity contribution in [1.82, 2.24) is 4.57 Å². The van der Waals surface area contributed by atoms with E-state index in [1.807, 2.05) is 0 Å². The van der Waals surface area contributed by atoms with Crippen molar-refractivity contribution >= 4 is 38.9 Å². The zero-order valence-corrected chi connectivity index (χ0v) is 40.2. The number of hydrogen-bond acceptors (Lipinski definition) is 1. The first-order chi connectivity index (χ1) is 32.7. The minimum atomic E-state index is -0.237. The molecule has 0 N–H and O–H groups in total. The molecule has 0 fully saturated rings. The molecule has 2 heteroatoms. The van der Waals surface area contributed by atoms with Crippen LogP contribution in [0.25, 0.3) is 72.0 Å². The molecule has 0 bridgehead atoms. The summed E-state index contributed by atoms with van der Waals surface area (Å²) in [6.45, 7) is 19.2. The van der Waals surface area contributed by atoms with E-state index in [4.69, 9.17) is 0 Å². The largest absolute Gasteiger partial charge is 0.310 e. The summed E-state index contributed by atoms with van der Waals surface area (Å²) in [5.74, 6) is 0. The molecule has 14 rings (SSSR count). The first-order valence-electron chi connectivity index (χ1n) is 24.5. The highest BCUT2D eigenvalue weighted by atomic mass is 15.1. The Morgan fingerprint density at radius 1 is 0.294 bits per heavy atom. The molecule has 0 saturated heterocycles. The van der Waals surface area contributed by atoms with Crippen molar-refractivity contribution < 1.29 is 0 Å². The second kappa shape index (κ2) is 13.2. The lowest BCUT2D eigenvalue weighted by Crippen LogP contribution is -2.33. The fraction of sp³-hybridized carbons (Fsp3) is 0.182. The minimum Gasteiger partial charge on any atom is -0.310 e. The zero-order chi connectivity index (χ0) is 46.2. The molecule has 9 aromatic carbocycles. The highest BCUT2D eigenvalue weighted by Crippen LogP contribution is 2.57. The monoisotopic (exact) mass is 874 g/mol. The van der Waals surface area contributed by atoms with Crippen molar-refractivity contribution in [3.63, 3.8) is 0 Å². The Morgan fingerprint density at radius 3 is 1.25 bits per heavy atom. The van der Waals surface area contributed by atoms with E-state index in [0.717, 1.165) is 17.1 Å². The van der Waals surface area contributed by atoms with E-state index >= 15 is 0 Å². The van der Waals surface area contributed by atoms with Gasteiger partial charge >= 0.3 is 0 Å². The number of hydrogen-bond donors (Lipinski definition) is 0. The summed E-state index contributed by atoms with van der Waals surface area (Å²) in [5, 5.41) is 2.63. The first-order valence-corrected chi connectivity index (χ1v) is 24.5. The van der Waals surface area contributed by atoms with Crippen LogP contribution in [0.3, 0.4) is 0 Å². The average Bonchev–Trinajstić information content (AvgIpc) is 3.90. The van der Waals surface area contributed by atoms with Gasteiger partial charge in [0.25, 0.3) is 0 Å². The fourth-order valence-electron chi connectivity index (χ4n) is 13.4. The number of anilines is 3. The van der Waals surface area contributed by atoms with Gasteiger partial charge in [0, 0.05) is 49.5 Å². The molecule has 0 spiro atoms. The van der Waals surface area contributed by atoms with Gasteiger partial charge in [-0.1, -0.05) is 189 Å². The number of fused-ring (bicyclic) bond motifs is 7. The summed E-state index contributed by atoms with van der Waals surface area (Å²) in [7, 11) is 0. The van der Waals surface area contributed by atoms with Crippen LogP contribution in [0.1, 0.15) is 99.9 Å². The normalized spacial score (nSPS) is 16.4. The Kier molecular flexibility index (Phi) is 7.69. The molecular formula is C66H54N2. The van der Waals surface area contributed by atoms with Crippen LogP contribution in [0, 0.1) is 0 Å². The van der Waals surface area contributed by atoms with Crippen LogP contribution in [0.4, 0.5) is 17.1 Å². The van der Waals surface area contributed by atoms with Crippen LogP contribution in [0.2, 0.25) is 0 Å². The number of benzene rings is 9. The lowest BCUT2D eigenvalue weighted by molar-refractivity contribution is 0.593. The standard InChI is InChI=1S/C66H54N2/c1-63(2)52-18-11-9-15-46(52)48-33-27-41(35-57(48)63)39-23-29-43(30-24-39)67(44-31-25-40(26-32-44)42-28-34-49-47-16-10-12-19-53(47)64(3,4)58(49)36-42)45-37-51-50-17-13-20-54-60(50)68-61(51)59(38-45)66(7,8)56-22-14-21-55(62(56)68)65(54,5)6/h9-38H,1-8H3. The third-order valence-electron chi connectivity index (χ3n) is 17.2. The van der Waals surface area contributed by atoms with E-state index in [-0.39, 0.29) is 21.7 Å². The van der Waals surface area contributed by atoms with Crippen molar-refractivity contribution in [2.45, 2.75) is 77.0 Å². The van der Waals surface area contributed by atoms with E-state index in [1.54, 1.807) is 0 Å². The molecule has 0 saturated carbocycles. The van der Waals surface area contributed by atoms with Gasteiger partial charge in [-0.25, -0.2) is 0 Å². The Hall–Kier alpha value is -7.42. The first kappa shape index (κ1) is 39.7. The van der Waals surface area contributed by atoms with E-state index in [2.05, 4.69) is 247 Å². The van der Waals surface area contributed by atoms with Gasteiger partial charge in [-0.3, -0.25) is 0 Å². The van der Waals surface area contributed by atoms with Crippen LogP contribution >= 0.6 is 0 Å². The number of rotatable bonds is 5. The summed E-state index contributed by atoms with van der Waals surface area (Å²) in [4.78, 5) is 2.49. The third kappa shape index (κ3) is 5.03. The highest BCUT2D eigenvalue weighted by Gasteiger charge is 2.44. The Balaban J connectivity index is 0.937. The van der Waals surface area contributed by atoms with E-state index in [9.17, 15) is 0 Å². The van der Waals surface area contributed by atoms with Gasteiger partial charge in [0.05, 0.1) is 16.7 Å². The van der Waals surface area contributed by atoms with E-state index in [1.165, 1.54) is 117 Å². The molecule has 2 aliphatic heterocycles. The quantitative estimate of drug-likeness (QED) is 0.167.